The van der Waals surface area contributed by atoms with E-state index in [0.717, 1.165) is 51.9 Å². The van der Waals surface area contributed by atoms with Gasteiger partial charge in [0.15, 0.2) is 8.56 Å². The van der Waals surface area contributed by atoms with Gasteiger partial charge in [0.2, 0.25) is 0 Å². The number of hydrogen-bond donors (Lipinski definition) is 3. The summed E-state index contributed by atoms with van der Waals surface area (Å²) >= 11 is 10.9. The van der Waals surface area contributed by atoms with Gasteiger partial charge in [-0.1, -0.05) is 14.4 Å². The molecule has 3 aromatic heterocycles. The van der Waals surface area contributed by atoms with E-state index < -0.39 is 0 Å². The lowest BCUT2D eigenvalue weighted by molar-refractivity contribution is 0.980. The van der Waals surface area contributed by atoms with Crippen LogP contribution in [0.15, 0.2) is 9.34 Å². The molecule has 0 spiro atoms. The highest BCUT2D eigenvalue weighted by Crippen LogP contribution is 2.11. The first-order chi connectivity index (χ1) is 11.6. The minimum absolute atomic E-state index is 0. The first-order valence-corrected chi connectivity index (χ1v) is 11.2. The molecular weight excluding hydrogens is 690 g/mol. The number of hydrogen-bond acceptors (Lipinski definition) is 3. The van der Waals surface area contributed by atoms with Crippen LogP contribution in [0.3, 0.4) is 0 Å². The molecule has 146 valence electrons. The third-order valence-corrected chi connectivity index (χ3v) is 5.81. The third-order valence-electron chi connectivity index (χ3n) is 3.10. The van der Waals surface area contributed by atoms with E-state index in [1.807, 2.05) is 27.7 Å². The predicted molar refractivity (Wildman–Crippen MR) is 132 cm³/mol. The smallest absolute Gasteiger partial charge is 0.174 e. The molecule has 0 atom stereocenters. The maximum atomic E-state index is 4.19. The minimum Gasteiger partial charge on any atom is -0.345 e. The molecule has 0 aliphatic rings. The molecule has 3 aromatic rings. The lowest BCUT2D eigenvalue weighted by Crippen LogP contribution is -1.80. The number of nitrogens with one attached hydrogen (secondary N) is 3. The van der Waals surface area contributed by atoms with Crippen molar-refractivity contribution in [1.82, 2.24) is 29.9 Å². The van der Waals surface area contributed by atoms with Gasteiger partial charge in [-0.15, -0.1) is 0 Å². The number of halogens is 4. The Kier molecular flexibility index (Phi) is 12.5. The van der Waals surface area contributed by atoms with Gasteiger partial charge in [0.1, 0.15) is 14.1 Å². The molecule has 3 rings (SSSR count). The van der Waals surface area contributed by atoms with Crippen LogP contribution in [0.4, 0.5) is 0 Å². The second-order valence-corrected chi connectivity index (χ2v) is 8.68. The van der Waals surface area contributed by atoms with Crippen LogP contribution in [0.5, 0.6) is 0 Å². The van der Waals surface area contributed by atoms with Gasteiger partial charge in [-0.2, -0.15) is 0 Å². The van der Waals surface area contributed by atoms with Crippen molar-refractivity contribution in [2.75, 3.05) is 0 Å². The van der Waals surface area contributed by atoms with Crippen LogP contribution in [0.25, 0.3) is 0 Å². The monoisotopic (exact) mass is 712 g/mol. The molecule has 0 unspecified atom stereocenters. The van der Waals surface area contributed by atoms with E-state index in [9.17, 15) is 0 Å². The molecule has 0 aromatic carbocycles. The van der Waals surface area contributed by atoms with Crippen LogP contribution < -0.4 is 0 Å². The van der Waals surface area contributed by atoms with Crippen LogP contribution in [0.1, 0.15) is 43.0 Å². The largest absolute Gasteiger partial charge is 0.345 e. The van der Waals surface area contributed by atoms with Gasteiger partial charge in [-0.05, 0) is 105 Å². The second kappa shape index (κ2) is 12.5. The normalized spacial score (nSPS) is 9.58. The maximum Gasteiger partial charge on any atom is 0.174 e. The van der Waals surface area contributed by atoms with E-state index in [0.29, 0.717) is 0 Å². The number of nitrogens with zero attached hydrogens (tertiary/aromatic N) is 3. The molecule has 0 aliphatic carbocycles. The number of aryl methyl sites for hydroxylation is 5. The second-order valence-electron chi connectivity index (χ2n) is 5.13. The van der Waals surface area contributed by atoms with E-state index in [1.54, 1.807) is 0 Å². The zero-order valence-electron chi connectivity index (χ0n) is 14.6. The molecule has 0 amide bonds. The maximum absolute atomic E-state index is 4.19. The number of aromatic amines is 3. The SMILES string of the molecule is C.CCc1nc(Br)c(C)[nH]1.Cc1[nH]c(I)nc1I.Cc1nc(Br)[nH]c1C. The summed E-state index contributed by atoms with van der Waals surface area (Å²) in [7, 11) is 0. The van der Waals surface area contributed by atoms with E-state index in [1.165, 1.54) is 0 Å². The van der Waals surface area contributed by atoms with Gasteiger partial charge < -0.3 is 15.0 Å². The van der Waals surface area contributed by atoms with Gasteiger partial charge in [0, 0.05) is 23.5 Å². The fraction of sp³-hybridized carbons (Fsp3) is 0.438. The summed E-state index contributed by atoms with van der Waals surface area (Å²) < 4.78 is 3.77. The first kappa shape index (κ1) is 26.1. The molecule has 26 heavy (non-hydrogen) atoms. The molecule has 0 saturated heterocycles. The average molecular weight is 714 g/mol. The fourth-order valence-corrected chi connectivity index (χ4v) is 3.93. The Labute approximate surface area is 199 Å². The quantitative estimate of drug-likeness (QED) is 0.256. The fourth-order valence-electron chi connectivity index (χ4n) is 1.57. The summed E-state index contributed by atoms with van der Waals surface area (Å²) in [6.45, 7) is 10.0. The Morgan fingerprint density at radius 3 is 1.62 bits per heavy atom. The molecule has 0 radical (unpaired) electrons. The van der Waals surface area contributed by atoms with E-state index in [4.69, 9.17) is 0 Å². The highest BCUT2D eigenvalue weighted by molar-refractivity contribution is 14.1. The van der Waals surface area contributed by atoms with Crippen LogP contribution >= 0.6 is 77.0 Å². The van der Waals surface area contributed by atoms with Crippen LogP contribution in [-0.2, 0) is 6.42 Å². The average Bonchev–Trinajstić information content (AvgIpc) is 3.11. The summed E-state index contributed by atoms with van der Waals surface area (Å²) in [5.41, 5.74) is 4.43. The molecule has 0 fully saturated rings. The number of rotatable bonds is 1. The Balaban J connectivity index is 0.000000355. The molecule has 3 N–H and O–H groups in total. The summed E-state index contributed by atoms with van der Waals surface area (Å²) in [6.07, 6.45) is 0.965. The Morgan fingerprint density at radius 1 is 0.846 bits per heavy atom. The van der Waals surface area contributed by atoms with Gasteiger partial charge in [0.05, 0.1) is 5.69 Å². The Morgan fingerprint density at radius 2 is 1.46 bits per heavy atom. The zero-order chi connectivity index (χ0) is 19.1. The van der Waals surface area contributed by atoms with Crippen molar-refractivity contribution >= 4 is 77.0 Å². The molecule has 0 bridgehead atoms. The molecule has 3 heterocycles. The highest BCUT2D eigenvalue weighted by atomic mass is 127. The van der Waals surface area contributed by atoms with Crippen molar-refractivity contribution < 1.29 is 0 Å². The van der Waals surface area contributed by atoms with Crippen molar-refractivity contribution in [3.05, 3.63) is 45.5 Å². The van der Waals surface area contributed by atoms with E-state index >= 15 is 0 Å². The molecule has 10 heteroatoms. The lowest BCUT2D eigenvalue weighted by atomic mass is 10.4. The van der Waals surface area contributed by atoms with Crippen LogP contribution in [0.2, 0.25) is 0 Å². The number of imidazole rings is 3. The summed E-state index contributed by atoms with van der Waals surface area (Å²) in [4.78, 5) is 21.6. The zero-order valence-corrected chi connectivity index (χ0v) is 22.0. The summed E-state index contributed by atoms with van der Waals surface area (Å²) in [5.74, 6) is 1.04. The van der Waals surface area contributed by atoms with Crippen molar-refractivity contribution in [3.8, 4) is 0 Å². The van der Waals surface area contributed by atoms with Crippen LogP contribution in [0, 0.1) is 35.2 Å². The number of H-pyrrole nitrogens is 3. The summed E-state index contributed by atoms with van der Waals surface area (Å²) in [6, 6.07) is 0. The number of aromatic nitrogens is 6. The van der Waals surface area contributed by atoms with Crippen LogP contribution in [-0.4, -0.2) is 29.9 Å². The Bertz CT molecular complexity index is 707. The Hall–Kier alpha value is 0.0500. The van der Waals surface area contributed by atoms with Gasteiger partial charge in [-0.25, -0.2) is 15.0 Å². The van der Waals surface area contributed by atoms with Crippen molar-refractivity contribution in [1.29, 1.82) is 0 Å². The predicted octanol–water partition coefficient (Wildman–Crippen LogP) is 6.40. The van der Waals surface area contributed by atoms with E-state index in [-0.39, 0.29) is 7.43 Å². The van der Waals surface area contributed by atoms with E-state index in [2.05, 4.69) is 114 Å². The van der Waals surface area contributed by atoms with Gasteiger partial charge >= 0.3 is 0 Å². The lowest BCUT2D eigenvalue weighted by Gasteiger charge is -1.81. The topological polar surface area (TPSA) is 86.0 Å². The van der Waals surface area contributed by atoms with Crippen molar-refractivity contribution in [2.45, 2.75) is 48.5 Å². The minimum atomic E-state index is 0. The molecule has 6 nitrogen and oxygen atoms in total. The molecular formula is C16H24Br2I2N6. The highest BCUT2D eigenvalue weighted by Gasteiger charge is 1.99. The summed E-state index contributed by atoms with van der Waals surface area (Å²) in [5, 5.41) is 0. The van der Waals surface area contributed by atoms with Crippen molar-refractivity contribution in [3.63, 3.8) is 0 Å². The third kappa shape index (κ3) is 8.83. The van der Waals surface area contributed by atoms with Gasteiger partial charge in [0.25, 0.3) is 0 Å². The van der Waals surface area contributed by atoms with Gasteiger partial charge in [-0.3, -0.25) is 0 Å². The first-order valence-electron chi connectivity index (χ1n) is 7.41. The standard InChI is InChI=1S/C6H9BrN2.C5H7BrN2.C4H4I2N2.CH4/c1-3-5-8-4(2)6(7)9-5;1-3-4(2)8-5(6)7-3;1-2-3(5)8-4(6)7-2;/h3H2,1-2H3,(H,8,9);1-2H3,(H,7,8);1H3,(H,7,8);1H4. The van der Waals surface area contributed by atoms with Crippen molar-refractivity contribution in [2.24, 2.45) is 0 Å². The molecule has 0 saturated carbocycles. The molecule has 0 aliphatic heterocycles.